The van der Waals surface area contributed by atoms with Gasteiger partial charge in [0, 0.05) is 12.8 Å². The number of rotatable bonds is 65. The highest BCUT2D eigenvalue weighted by Crippen LogP contribution is 2.15. The minimum Gasteiger partial charge on any atom is -0.545 e. The van der Waals surface area contributed by atoms with Gasteiger partial charge in [0.1, 0.15) is 13.2 Å². The molecule has 0 aromatic carbocycles. The minimum absolute atomic E-state index is 0.127. The Kier molecular flexibility index (Phi) is 68.5. The maximum absolute atomic E-state index is 12.9. The fraction of sp³-hybridized carbons (Fsp3) is 0.547. The van der Waals surface area contributed by atoms with Gasteiger partial charge in [-0.3, -0.25) is 9.59 Å². The van der Waals surface area contributed by atoms with E-state index < -0.39 is 24.3 Å². The average Bonchev–Trinajstić information content (AvgIpc) is 3.75. The van der Waals surface area contributed by atoms with Gasteiger partial charge in [-0.05, 0) is 154 Å². The summed E-state index contributed by atoms with van der Waals surface area (Å²) in [5.41, 5.74) is 0. The standard InChI is InChI=1S/C86H133NO8/c1-6-8-10-12-14-16-18-20-22-24-26-28-30-32-34-36-38-40-41-42-43-45-46-48-50-52-54-56-58-60-62-64-66-68-70-72-74-76-83(88)93-80-82(81-94-86(85(90)91)92-79-78-87(3,4)5)95-84(89)77-75-73-71-69-67-65-63-61-59-57-55-53-51-49-47-44-39-37-35-33-31-29-27-25-23-21-19-17-15-13-11-9-7-2/h8-11,14-17,20-23,26-29,32-35,38-40,42-44,46,48-49,51,55,57,61,63,67,69,82,86H,6-7,12-13,18-19,24-25,30-31,36-37,41,45,47,50,52-54,56,58-60,62,64-66,68,70-81H2,1-5H3/b10-8-,11-9-,16-14-,17-15-,22-20-,23-21-,28-26-,29-27-,34-32-,35-33-,40-38-,43-42-,44-39-,48-46-,51-49-,57-55-,63-61-,69-67-. The third-order valence-corrected chi connectivity index (χ3v) is 14.7. The van der Waals surface area contributed by atoms with Gasteiger partial charge in [-0.15, -0.1) is 0 Å². The molecule has 0 aliphatic carbocycles. The first-order valence-corrected chi connectivity index (χ1v) is 36.9. The van der Waals surface area contributed by atoms with Crippen LogP contribution in [0.4, 0.5) is 0 Å². The molecule has 0 aliphatic rings. The highest BCUT2D eigenvalue weighted by atomic mass is 16.7. The van der Waals surface area contributed by atoms with Crippen molar-refractivity contribution in [3.05, 3.63) is 219 Å². The lowest BCUT2D eigenvalue weighted by Crippen LogP contribution is -2.44. The van der Waals surface area contributed by atoms with Gasteiger partial charge < -0.3 is 33.3 Å². The lowest BCUT2D eigenvalue weighted by molar-refractivity contribution is -0.870. The van der Waals surface area contributed by atoms with Crippen molar-refractivity contribution in [2.24, 2.45) is 0 Å². The van der Waals surface area contributed by atoms with E-state index in [1.165, 1.54) is 51.4 Å². The van der Waals surface area contributed by atoms with E-state index in [2.05, 4.69) is 233 Å². The van der Waals surface area contributed by atoms with Crippen LogP contribution in [0.2, 0.25) is 0 Å². The van der Waals surface area contributed by atoms with Gasteiger partial charge in [0.2, 0.25) is 0 Å². The van der Waals surface area contributed by atoms with Gasteiger partial charge in [0.25, 0.3) is 0 Å². The molecule has 0 saturated carbocycles. The SMILES string of the molecule is CC/C=C\C/C=C\C/C=C\C/C=C\C/C=C\C/C=C\C/C=C\C/C=C\C/C=C\C/C=C\CCCCC(=O)OC(COC(=O)CCCCCCCCCCCCCC/C=C\C/C=C\C/C=C\C/C=C\C/C=C\C/C=C\C/C=C\C/C=C\CC)COC(OCC[N+](C)(C)C)C(=O)[O-]. The molecule has 0 aromatic heterocycles. The molecule has 0 saturated heterocycles. The summed E-state index contributed by atoms with van der Waals surface area (Å²) in [5, 5.41) is 11.8. The van der Waals surface area contributed by atoms with Gasteiger partial charge in [0.15, 0.2) is 12.4 Å². The largest absolute Gasteiger partial charge is 0.545 e. The number of aliphatic carboxylic acids is 1. The van der Waals surface area contributed by atoms with E-state index in [4.69, 9.17) is 18.9 Å². The number of nitrogens with zero attached hydrogens (tertiary/aromatic N) is 1. The number of unbranched alkanes of at least 4 members (excludes halogenated alkanes) is 14. The molecule has 530 valence electrons. The van der Waals surface area contributed by atoms with Crippen LogP contribution in [0.1, 0.15) is 245 Å². The molecule has 2 unspecified atom stereocenters. The molecule has 95 heavy (non-hydrogen) atoms. The number of ether oxygens (including phenoxy) is 4. The number of carbonyl (C=O) groups is 3. The number of allylic oxidation sites excluding steroid dienone is 36. The predicted molar refractivity (Wildman–Crippen MR) is 407 cm³/mol. The van der Waals surface area contributed by atoms with Crippen molar-refractivity contribution in [2.75, 3.05) is 47.5 Å². The van der Waals surface area contributed by atoms with Crippen LogP contribution in [0.25, 0.3) is 0 Å². The van der Waals surface area contributed by atoms with Crippen LogP contribution >= 0.6 is 0 Å². The first-order chi connectivity index (χ1) is 46.6. The minimum atomic E-state index is -1.65. The number of hydrogen-bond donors (Lipinski definition) is 0. The zero-order chi connectivity index (χ0) is 69.0. The fourth-order valence-electron chi connectivity index (χ4n) is 9.17. The Bertz CT molecular complexity index is 2370. The summed E-state index contributed by atoms with van der Waals surface area (Å²) in [6, 6.07) is 0. The third-order valence-electron chi connectivity index (χ3n) is 14.7. The molecule has 0 heterocycles. The van der Waals surface area contributed by atoms with E-state index in [-0.39, 0.29) is 38.6 Å². The van der Waals surface area contributed by atoms with Crippen LogP contribution in [0.15, 0.2) is 219 Å². The van der Waals surface area contributed by atoms with E-state index in [0.717, 1.165) is 161 Å². The van der Waals surface area contributed by atoms with Crippen molar-refractivity contribution >= 4 is 17.9 Å². The monoisotopic (exact) mass is 1310 g/mol. The maximum Gasteiger partial charge on any atom is 0.306 e. The van der Waals surface area contributed by atoms with Gasteiger partial charge in [-0.2, -0.15) is 0 Å². The average molecular weight is 1310 g/mol. The van der Waals surface area contributed by atoms with Crippen LogP contribution in [0.5, 0.6) is 0 Å². The number of carbonyl (C=O) groups excluding carboxylic acids is 3. The Balaban J connectivity index is 4.25. The van der Waals surface area contributed by atoms with E-state index in [0.29, 0.717) is 17.4 Å². The number of esters is 2. The van der Waals surface area contributed by atoms with Crippen molar-refractivity contribution in [2.45, 2.75) is 257 Å². The summed E-state index contributed by atoms with van der Waals surface area (Å²) < 4.78 is 22.7. The lowest BCUT2D eigenvalue weighted by atomic mass is 10.0. The molecule has 0 N–H and O–H groups in total. The number of quaternary nitrogens is 1. The highest BCUT2D eigenvalue weighted by molar-refractivity contribution is 5.70. The summed E-state index contributed by atoms with van der Waals surface area (Å²) in [7, 11) is 5.90. The third kappa shape index (κ3) is 74.9. The summed E-state index contributed by atoms with van der Waals surface area (Å²) >= 11 is 0. The Morgan fingerprint density at radius 2 is 0.568 bits per heavy atom. The second-order valence-corrected chi connectivity index (χ2v) is 24.8. The molecule has 0 bridgehead atoms. The molecule has 0 amide bonds. The van der Waals surface area contributed by atoms with Crippen molar-refractivity contribution in [1.82, 2.24) is 0 Å². The van der Waals surface area contributed by atoms with Crippen LogP contribution < -0.4 is 5.11 Å². The number of carboxylic acids is 1. The predicted octanol–water partition coefficient (Wildman–Crippen LogP) is 22.4. The van der Waals surface area contributed by atoms with Crippen LogP contribution in [0, 0.1) is 0 Å². The number of likely N-dealkylation sites (N-methyl/N-ethyl adjacent to an activating group) is 1. The normalized spacial score (nSPS) is 14.0. The molecule has 2 atom stereocenters. The smallest absolute Gasteiger partial charge is 0.306 e. The molecule has 0 fully saturated rings. The summed E-state index contributed by atoms with van der Waals surface area (Å²) in [6.45, 7) is 4.44. The molecule has 0 spiro atoms. The van der Waals surface area contributed by atoms with Crippen molar-refractivity contribution < 1.29 is 42.9 Å². The Labute approximate surface area is 581 Å². The van der Waals surface area contributed by atoms with E-state index >= 15 is 0 Å². The molecule has 0 rings (SSSR count). The maximum atomic E-state index is 12.9. The summed E-state index contributed by atoms with van der Waals surface area (Å²) in [4.78, 5) is 37.5. The molecule has 9 heteroatoms. The number of carboxylic acid groups (broad SMARTS) is 1. The molecule has 9 nitrogen and oxygen atoms in total. The van der Waals surface area contributed by atoms with Crippen molar-refractivity contribution in [3.8, 4) is 0 Å². The van der Waals surface area contributed by atoms with Gasteiger partial charge in [0.05, 0.1) is 40.3 Å². The highest BCUT2D eigenvalue weighted by Gasteiger charge is 2.22. The molecule has 0 aliphatic heterocycles. The molecular formula is C86H133NO8. The van der Waals surface area contributed by atoms with Gasteiger partial charge >= 0.3 is 11.9 Å². The van der Waals surface area contributed by atoms with Crippen LogP contribution in [0.3, 0.4) is 0 Å². The van der Waals surface area contributed by atoms with Crippen molar-refractivity contribution in [1.29, 1.82) is 0 Å². The quantitative estimate of drug-likeness (QED) is 0.0195. The lowest BCUT2D eigenvalue weighted by Gasteiger charge is -2.26. The van der Waals surface area contributed by atoms with E-state index in [1.807, 2.05) is 21.1 Å². The topological polar surface area (TPSA) is 111 Å². The van der Waals surface area contributed by atoms with Crippen LogP contribution in [-0.4, -0.2) is 82.3 Å². The van der Waals surface area contributed by atoms with Crippen LogP contribution in [-0.2, 0) is 33.3 Å². The van der Waals surface area contributed by atoms with E-state index in [9.17, 15) is 19.5 Å². The first kappa shape index (κ1) is 88.6. The van der Waals surface area contributed by atoms with E-state index in [1.54, 1.807) is 0 Å². The first-order valence-electron chi connectivity index (χ1n) is 36.9. The second-order valence-electron chi connectivity index (χ2n) is 24.8. The van der Waals surface area contributed by atoms with Crippen molar-refractivity contribution in [3.63, 3.8) is 0 Å². The molecule has 0 radical (unpaired) electrons. The fourth-order valence-corrected chi connectivity index (χ4v) is 9.17. The molecular weight excluding hydrogens is 1170 g/mol. The summed E-state index contributed by atoms with van der Waals surface area (Å²) in [6.07, 6.45) is 113. The second kappa shape index (κ2) is 73.4. The zero-order valence-electron chi connectivity index (χ0n) is 60.4. The zero-order valence-corrected chi connectivity index (χ0v) is 60.4. The number of hydrogen-bond acceptors (Lipinski definition) is 8. The van der Waals surface area contributed by atoms with Gasteiger partial charge in [-0.1, -0.05) is 297 Å². The van der Waals surface area contributed by atoms with Gasteiger partial charge in [-0.25, -0.2) is 0 Å². The Morgan fingerprint density at radius 3 is 0.863 bits per heavy atom. The Hall–Kier alpha value is -6.39. The molecule has 0 aromatic rings. The summed E-state index contributed by atoms with van der Waals surface area (Å²) in [5.74, 6) is -2.37. The Morgan fingerprint density at radius 1 is 0.316 bits per heavy atom.